The molecule has 0 aliphatic carbocycles. The third-order valence-electron chi connectivity index (χ3n) is 4.30. The second kappa shape index (κ2) is 6.89. The summed E-state index contributed by atoms with van der Waals surface area (Å²) in [5.74, 6) is 0.663. The van der Waals surface area contributed by atoms with Gasteiger partial charge in [-0.3, -0.25) is 0 Å². The minimum Gasteiger partial charge on any atom is -0.488 e. The molecule has 0 spiro atoms. The van der Waals surface area contributed by atoms with Crippen molar-refractivity contribution >= 4 is 11.0 Å². The van der Waals surface area contributed by atoms with Gasteiger partial charge in [0.05, 0.1) is 5.56 Å². The van der Waals surface area contributed by atoms with Gasteiger partial charge in [-0.05, 0) is 36.8 Å². The summed E-state index contributed by atoms with van der Waals surface area (Å²) in [5.41, 5.74) is 3.66. The predicted molar refractivity (Wildman–Crippen MR) is 103 cm³/mol. The molecule has 0 aliphatic rings. The number of hydrogen-bond donors (Lipinski definition) is 0. The highest BCUT2D eigenvalue weighted by Gasteiger charge is 2.13. The minimum atomic E-state index is -0.364. The van der Waals surface area contributed by atoms with Gasteiger partial charge in [-0.25, -0.2) is 4.79 Å². The summed E-state index contributed by atoms with van der Waals surface area (Å²) in [6.07, 6.45) is 0. The van der Waals surface area contributed by atoms with Crippen molar-refractivity contribution in [3.05, 3.63) is 100 Å². The third kappa shape index (κ3) is 3.24. The van der Waals surface area contributed by atoms with E-state index in [-0.39, 0.29) is 5.63 Å². The van der Waals surface area contributed by atoms with E-state index in [1.165, 1.54) is 0 Å². The molecule has 0 amide bonds. The molecule has 0 atom stereocenters. The Bertz CT molecular complexity index is 1110. The Morgan fingerprint density at radius 3 is 2.46 bits per heavy atom. The van der Waals surface area contributed by atoms with Crippen LogP contribution >= 0.6 is 0 Å². The van der Waals surface area contributed by atoms with Crippen LogP contribution in [0.15, 0.2) is 88.1 Å². The molecule has 26 heavy (non-hydrogen) atoms. The van der Waals surface area contributed by atoms with Crippen LogP contribution in [-0.4, -0.2) is 0 Å². The molecule has 0 bridgehead atoms. The fraction of sp³-hybridized carbons (Fsp3) is 0.0870. The van der Waals surface area contributed by atoms with Gasteiger partial charge in [0.2, 0.25) is 0 Å². The normalized spacial score (nSPS) is 10.8. The Kier molecular flexibility index (Phi) is 4.28. The molecule has 4 rings (SSSR count). The van der Waals surface area contributed by atoms with Crippen LogP contribution in [0.1, 0.15) is 11.1 Å². The average Bonchev–Trinajstić information content (AvgIpc) is 2.67. The topological polar surface area (TPSA) is 39.4 Å². The largest absolute Gasteiger partial charge is 0.488 e. The first-order valence-electron chi connectivity index (χ1n) is 8.51. The van der Waals surface area contributed by atoms with E-state index in [0.717, 1.165) is 22.1 Å². The number of ether oxygens (including phenoxy) is 1. The second-order valence-electron chi connectivity index (χ2n) is 6.26. The van der Waals surface area contributed by atoms with E-state index >= 15 is 0 Å². The maximum absolute atomic E-state index is 12.5. The lowest BCUT2D eigenvalue weighted by molar-refractivity contribution is 0.307. The van der Waals surface area contributed by atoms with Gasteiger partial charge in [-0.1, -0.05) is 60.2 Å². The SMILES string of the molecule is Cc1ccc2oc(=O)c(-c3ccccc3OCc3ccccc3)cc2c1. The number of benzene rings is 3. The number of aryl methyl sites for hydroxylation is 1. The maximum Gasteiger partial charge on any atom is 0.344 e. The zero-order valence-corrected chi connectivity index (χ0v) is 14.4. The molecular formula is C23H18O3. The number of para-hydroxylation sites is 1. The molecule has 3 nitrogen and oxygen atoms in total. The van der Waals surface area contributed by atoms with E-state index in [9.17, 15) is 4.79 Å². The smallest absolute Gasteiger partial charge is 0.344 e. The summed E-state index contributed by atoms with van der Waals surface area (Å²) in [6.45, 7) is 2.46. The Balaban J connectivity index is 1.75. The van der Waals surface area contributed by atoms with E-state index < -0.39 is 0 Å². The highest BCUT2D eigenvalue weighted by atomic mass is 16.5. The Morgan fingerprint density at radius 1 is 0.846 bits per heavy atom. The predicted octanol–water partition coefficient (Wildman–Crippen LogP) is 5.35. The highest BCUT2D eigenvalue weighted by Crippen LogP contribution is 2.30. The fourth-order valence-electron chi connectivity index (χ4n) is 2.98. The second-order valence-corrected chi connectivity index (χ2v) is 6.26. The van der Waals surface area contributed by atoms with E-state index in [1.807, 2.05) is 85.8 Å². The number of rotatable bonds is 4. The van der Waals surface area contributed by atoms with Crippen molar-refractivity contribution in [2.45, 2.75) is 13.5 Å². The lowest BCUT2D eigenvalue weighted by Gasteiger charge is -2.11. The highest BCUT2D eigenvalue weighted by molar-refractivity contribution is 5.83. The summed E-state index contributed by atoms with van der Waals surface area (Å²) in [7, 11) is 0. The Hall–Kier alpha value is -3.33. The first-order chi connectivity index (χ1) is 12.7. The first-order valence-corrected chi connectivity index (χ1v) is 8.51. The molecule has 0 saturated heterocycles. The molecule has 3 heteroatoms. The van der Waals surface area contributed by atoms with Crippen molar-refractivity contribution in [1.82, 2.24) is 0 Å². The Labute approximate surface area is 151 Å². The van der Waals surface area contributed by atoms with Gasteiger partial charge in [0.25, 0.3) is 0 Å². The van der Waals surface area contributed by atoms with Gasteiger partial charge in [0, 0.05) is 10.9 Å². The molecule has 4 aromatic rings. The minimum absolute atomic E-state index is 0.364. The summed E-state index contributed by atoms with van der Waals surface area (Å²) >= 11 is 0. The van der Waals surface area contributed by atoms with Crippen molar-refractivity contribution in [3.8, 4) is 16.9 Å². The number of fused-ring (bicyclic) bond motifs is 1. The molecule has 0 aliphatic heterocycles. The van der Waals surface area contributed by atoms with E-state index in [1.54, 1.807) is 0 Å². The van der Waals surface area contributed by atoms with Gasteiger partial charge in [0.15, 0.2) is 0 Å². The van der Waals surface area contributed by atoms with E-state index in [2.05, 4.69) is 0 Å². The van der Waals surface area contributed by atoms with Gasteiger partial charge < -0.3 is 9.15 Å². The molecule has 0 N–H and O–H groups in total. The first kappa shape index (κ1) is 16.2. The van der Waals surface area contributed by atoms with Crippen LogP contribution in [0.3, 0.4) is 0 Å². The standard InChI is InChI=1S/C23H18O3/c1-16-11-12-21-18(13-16)14-20(23(24)26-21)19-9-5-6-10-22(19)25-15-17-7-3-2-4-8-17/h2-14H,15H2,1H3. The van der Waals surface area contributed by atoms with Crippen LogP contribution in [0.5, 0.6) is 5.75 Å². The van der Waals surface area contributed by atoms with Crippen LogP contribution < -0.4 is 10.4 Å². The summed E-state index contributed by atoms with van der Waals surface area (Å²) in [6, 6.07) is 25.1. The van der Waals surface area contributed by atoms with E-state index in [4.69, 9.17) is 9.15 Å². The van der Waals surface area contributed by atoms with Crippen molar-refractivity contribution in [2.75, 3.05) is 0 Å². The molecule has 0 fully saturated rings. The van der Waals surface area contributed by atoms with Crippen LogP contribution in [0, 0.1) is 6.92 Å². The molecule has 128 valence electrons. The van der Waals surface area contributed by atoms with Crippen molar-refractivity contribution in [2.24, 2.45) is 0 Å². The zero-order chi connectivity index (χ0) is 17.9. The Morgan fingerprint density at radius 2 is 1.62 bits per heavy atom. The summed E-state index contributed by atoms with van der Waals surface area (Å²) < 4.78 is 11.5. The molecule has 0 unspecified atom stereocenters. The molecule has 0 radical (unpaired) electrons. The summed E-state index contributed by atoms with van der Waals surface area (Å²) in [4.78, 5) is 12.5. The van der Waals surface area contributed by atoms with Crippen LogP contribution in [-0.2, 0) is 6.61 Å². The van der Waals surface area contributed by atoms with Gasteiger partial charge in [-0.15, -0.1) is 0 Å². The molecule has 1 aromatic heterocycles. The molecular weight excluding hydrogens is 324 g/mol. The van der Waals surface area contributed by atoms with Gasteiger partial charge in [-0.2, -0.15) is 0 Å². The van der Waals surface area contributed by atoms with Gasteiger partial charge in [0.1, 0.15) is 17.9 Å². The zero-order valence-electron chi connectivity index (χ0n) is 14.4. The monoisotopic (exact) mass is 342 g/mol. The fourth-order valence-corrected chi connectivity index (χ4v) is 2.98. The van der Waals surface area contributed by atoms with Crippen molar-refractivity contribution < 1.29 is 9.15 Å². The number of hydrogen-bond acceptors (Lipinski definition) is 3. The van der Waals surface area contributed by atoms with Crippen LogP contribution in [0.4, 0.5) is 0 Å². The lowest BCUT2D eigenvalue weighted by atomic mass is 10.0. The molecule has 0 saturated carbocycles. The third-order valence-corrected chi connectivity index (χ3v) is 4.30. The van der Waals surface area contributed by atoms with Crippen molar-refractivity contribution in [3.63, 3.8) is 0 Å². The maximum atomic E-state index is 12.5. The van der Waals surface area contributed by atoms with Gasteiger partial charge >= 0.3 is 5.63 Å². The van der Waals surface area contributed by atoms with Crippen molar-refractivity contribution in [1.29, 1.82) is 0 Å². The summed E-state index contributed by atoms with van der Waals surface area (Å²) in [5, 5.41) is 0.900. The average molecular weight is 342 g/mol. The van der Waals surface area contributed by atoms with Crippen LogP contribution in [0.25, 0.3) is 22.1 Å². The quantitative estimate of drug-likeness (QED) is 0.470. The lowest BCUT2D eigenvalue weighted by Crippen LogP contribution is -2.05. The van der Waals surface area contributed by atoms with E-state index in [0.29, 0.717) is 23.5 Å². The molecule has 1 heterocycles. The molecule has 3 aromatic carbocycles. The van der Waals surface area contributed by atoms with Crippen LogP contribution in [0.2, 0.25) is 0 Å².